The Kier molecular flexibility index (Phi) is 6.18. The zero-order chi connectivity index (χ0) is 27.6. The van der Waals surface area contributed by atoms with E-state index in [1.807, 2.05) is 13.0 Å². The molecule has 11 nitrogen and oxygen atoms in total. The molecule has 0 aliphatic carbocycles. The van der Waals surface area contributed by atoms with Crippen molar-refractivity contribution in [2.45, 2.75) is 63.8 Å². The summed E-state index contributed by atoms with van der Waals surface area (Å²) in [5, 5.41) is 8.66. The van der Waals surface area contributed by atoms with Crippen molar-refractivity contribution in [1.82, 2.24) is 15.8 Å². The van der Waals surface area contributed by atoms with Crippen molar-refractivity contribution >= 4 is 57.3 Å². The number of benzene rings is 1. The lowest BCUT2D eigenvalue weighted by molar-refractivity contribution is -0.153. The lowest BCUT2D eigenvalue weighted by Crippen LogP contribution is -2.75. The minimum Gasteiger partial charge on any atom is -0.372 e. The molecule has 3 fully saturated rings. The highest BCUT2D eigenvalue weighted by Crippen LogP contribution is 2.50. The molecule has 4 atom stereocenters. The van der Waals surface area contributed by atoms with Gasteiger partial charge < -0.3 is 14.2 Å². The van der Waals surface area contributed by atoms with E-state index in [1.165, 1.54) is 11.8 Å². The number of barbiturate groups is 1. The Labute approximate surface area is 227 Å². The molecule has 4 aliphatic rings. The molecular weight excluding hydrogens is 529 g/mol. The zero-order valence-corrected chi connectivity index (χ0v) is 22.3. The van der Waals surface area contributed by atoms with Gasteiger partial charge in [0, 0.05) is 24.8 Å². The van der Waals surface area contributed by atoms with Gasteiger partial charge in [0.25, 0.3) is 5.24 Å². The number of fused-ring (bicyclic) bond motifs is 5. The maximum Gasteiger partial charge on any atom is 0.328 e. The van der Waals surface area contributed by atoms with E-state index < -0.39 is 41.2 Å². The van der Waals surface area contributed by atoms with Crippen LogP contribution in [-0.2, 0) is 20.7 Å². The van der Waals surface area contributed by atoms with E-state index in [-0.39, 0.29) is 52.8 Å². The molecule has 4 aliphatic heterocycles. The van der Waals surface area contributed by atoms with E-state index in [4.69, 9.17) is 9.26 Å². The standard InChI is InChI=1S/C26H28FN5O6S/c1-4-5-6-7-15-11-39-25(36)32(15)21-16-8-14-9-26(22(33)28-24(35)29-23(26)34)20-13(3)37-12(2)10-31(20)18(14)17(27)19(16)38-30-21/h4,8,12-13,15,20H,1,5-7,9-11H2,2-3H3,(H2,28,29,33,34,35)/t12-,13+,15+,20-/m1/s1. The van der Waals surface area contributed by atoms with Crippen molar-refractivity contribution < 1.29 is 32.8 Å². The van der Waals surface area contributed by atoms with Crippen LogP contribution in [0.15, 0.2) is 23.2 Å². The number of urea groups is 1. The molecule has 2 aromatic rings. The number of halogens is 1. The lowest BCUT2D eigenvalue weighted by Gasteiger charge is -2.55. The van der Waals surface area contributed by atoms with Crippen molar-refractivity contribution in [3.05, 3.63) is 30.1 Å². The Morgan fingerprint density at radius 1 is 1.26 bits per heavy atom. The minimum absolute atomic E-state index is 0.104. The molecule has 0 unspecified atom stereocenters. The number of carbonyl (C=O) groups excluding carboxylic acids is 4. The number of hydrogen-bond acceptors (Lipinski definition) is 9. The number of ether oxygens (including phenoxy) is 1. The number of rotatable bonds is 5. The molecule has 2 N–H and O–H groups in total. The number of allylic oxidation sites excluding steroid dienone is 1. The minimum atomic E-state index is -1.75. The highest BCUT2D eigenvalue weighted by molar-refractivity contribution is 8.14. The number of carbonyl (C=O) groups is 4. The maximum absolute atomic E-state index is 16.3. The van der Waals surface area contributed by atoms with Crippen LogP contribution in [0.5, 0.6) is 0 Å². The van der Waals surface area contributed by atoms with Gasteiger partial charge in [0.15, 0.2) is 17.1 Å². The van der Waals surface area contributed by atoms with E-state index in [2.05, 4.69) is 22.4 Å². The van der Waals surface area contributed by atoms with E-state index in [0.717, 1.165) is 19.3 Å². The average Bonchev–Trinajstić information content (AvgIpc) is 3.45. The van der Waals surface area contributed by atoms with Gasteiger partial charge in [-0.2, -0.15) is 0 Å². The maximum atomic E-state index is 16.3. The van der Waals surface area contributed by atoms with Gasteiger partial charge in [-0.3, -0.25) is 29.9 Å². The quantitative estimate of drug-likeness (QED) is 0.323. The molecule has 0 radical (unpaired) electrons. The summed E-state index contributed by atoms with van der Waals surface area (Å²) in [4.78, 5) is 54.9. The first-order valence-electron chi connectivity index (χ1n) is 12.9. The summed E-state index contributed by atoms with van der Waals surface area (Å²) in [5.41, 5.74) is -1.27. The highest BCUT2D eigenvalue weighted by atomic mass is 32.2. The predicted octanol–water partition coefficient (Wildman–Crippen LogP) is 3.26. The first-order chi connectivity index (χ1) is 18.7. The Balaban J connectivity index is 1.50. The second-order valence-corrected chi connectivity index (χ2v) is 11.5. The molecule has 0 bridgehead atoms. The molecule has 6 rings (SSSR count). The van der Waals surface area contributed by atoms with Crippen molar-refractivity contribution in [3.8, 4) is 0 Å². The largest absolute Gasteiger partial charge is 0.372 e. The number of aromatic nitrogens is 1. The van der Waals surface area contributed by atoms with Crippen LogP contribution in [0, 0.1) is 11.2 Å². The average molecular weight is 558 g/mol. The SMILES string of the molecule is C=CCCC[C@H]1CSC(=O)N1c1noc2c(F)c3c(cc12)CC1(C(=O)NC(=O)NC1=O)[C@H]1[C@H](C)O[C@H](C)CN31. The molecule has 3 saturated heterocycles. The third-order valence-electron chi connectivity index (χ3n) is 8.08. The van der Waals surface area contributed by atoms with E-state index >= 15 is 4.39 Å². The van der Waals surface area contributed by atoms with Crippen LogP contribution in [0.2, 0.25) is 0 Å². The number of imide groups is 2. The fraction of sp³-hybridized carbons (Fsp3) is 0.500. The van der Waals surface area contributed by atoms with Gasteiger partial charge in [0.1, 0.15) is 0 Å². The molecule has 5 heterocycles. The molecule has 206 valence electrons. The number of amides is 5. The van der Waals surface area contributed by atoms with Crippen LogP contribution >= 0.6 is 11.8 Å². The second kappa shape index (κ2) is 9.33. The summed E-state index contributed by atoms with van der Waals surface area (Å²) in [7, 11) is 0. The van der Waals surface area contributed by atoms with E-state index in [9.17, 15) is 19.2 Å². The molecule has 39 heavy (non-hydrogen) atoms. The second-order valence-electron chi connectivity index (χ2n) is 10.5. The van der Waals surface area contributed by atoms with Crippen LogP contribution in [-0.4, -0.2) is 64.8 Å². The Morgan fingerprint density at radius 2 is 2.00 bits per heavy atom. The number of unbranched alkanes of at least 4 members (excludes halogenated alkanes) is 1. The predicted molar refractivity (Wildman–Crippen MR) is 141 cm³/mol. The zero-order valence-electron chi connectivity index (χ0n) is 21.5. The van der Waals surface area contributed by atoms with Crippen molar-refractivity contribution in [1.29, 1.82) is 0 Å². The molecule has 13 heteroatoms. The number of nitrogens with zero attached hydrogens (tertiary/aromatic N) is 3. The van der Waals surface area contributed by atoms with Crippen LogP contribution in [0.4, 0.5) is 25.5 Å². The van der Waals surface area contributed by atoms with Gasteiger partial charge in [-0.15, -0.1) is 6.58 Å². The summed E-state index contributed by atoms with van der Waals surface area (Å²) in [6.45, 7) is 7.50. The topological polar surface area (TPSA) is 134 Å². The van der Waals surface area contributed by atoms with Gasteiger partial charge in [-0.05, 0) is 44.7 Å². The lowest BCUT2D eigenvalue weighted by atomic mass is 9.66. The number of hydrogen-bond donors (Lipinski definition) is 2. The summed E-state index contributed by atoms with van der Waals surface area (Å²) in [6, 6.07) is -0.278. The molecule has 1 spiro atoms. The summed E-state index contributed by atoms with van der Waals surface area (Å²) < 4.78 is 27.8. The van der Waals surface area contributed by atoms with E-state index in [0.29, 0.717) is 11.3 Å². The number of thioether (sulfide) groups is 1. The van der Waals surface area contributed by atoms with Crippen LogP contribution < -0.4 is 20.4 Å². The first-order valence-corrected chi connectivity index (χ1v) is 13.9. The molecule has 5 amide bonds. The molecular formula is C26H28FN5O6S. The normalized spacial score (nSPS) is 28.0. The Morgan fingerprint density at radius 3 is 2.72 bits per heavy atom. The molecule has 1 aromatic heterocycles. The van der Waals surface area contributed by atoms with Crippen molar-refractivity contribution in [3.63, 3.8) is 0 Å². The Bertz CT molecular complexity index is 1410. The smallest absolute Gasteiger partial charge is 0.328 e. The summed E-state index contributed by atoms with van der Waals surface area (Å²) in [6.07, 6.45) is 3.03. The third kappa shape index (κ3) is 3.77. The van der Waals surface area contributed by atoms with E-state index in [1.54, 1.807) is 22.8 Å². The van der Waals surface area contributed by atoms with Crippen molar-refractivity contribution in [2.24, 2.45) is 5.41 Å². The molecule has 0 saturated carbocycles. The van der Waals surface area contributed by atoms with Crippen molar-refractivity contribution in [2.75, 3.05) is 22.1 Å². The van der Waals surface area contributed by atoms with Crippen LogP contribution in [0.25, 0.3) is 11.0 Å². The van der Waals surface area contributed by atoms with Gasteiger partial charge >= 0.3 is 6.03 Å². The monoisotopic (exact) mass is 557 g/mol. The third-order valence-corrected chi connectivity index (χ3v) is 9.08. The fourth-order valence-electron chi connectivity index (χ4n) is 6.54. The van der Waals surface area contributed by atoms with Gasteiger partial charge in [-0.1, -0.05) is 23.0 Å². The van der Waals surface area contributed by atoms with Crippen LogP contribution in [0.3, 0.4) is 0 Å². The number of anilines is 2. The summed E-state index contributed by atoms with van der Waals surface area (Å²) >= 11 is 1.17. The van der Waals surface area contributed by atoms with Crippen LogP contribution in [0.1, 0.15) is 38.7 Å². The van der Waals surface area contributed by atoms with Gasteiger partial charge in [-0.25, -0.2) is 9.18 Å². The summed E-state index contributed by atoms with van der Waals surface area (Å²) in [5.74, 6) is -1.43. The van der Waals surface area contributed by atoms with Gasteiger partial charge in [0.05, 0.1) is 29.3 Å². The molecule has 1 aromatic carbocycles. The van der Waals surface area contributed by atoms with Gasteiger partial charge in [0.2, 0.25) is 17.4 Å². The highest BCUT2D eigenvalue weighted by Gasteiger charge is 2.63. The first kappa shape index (κ1) is 25.8. The number of nitrogens with one attached hydrogen (secondary N) is 2. The fourth-order valence-corrected chi connectivity index (χ4v) is 7.57. The number of morpholine rings is 1. The Hall–Kier alpha value is -3.45.